The highest BCUT2D eigenvalue weighted by Gasteiger charge is 2.64. The maximum Gasteiger partial charge on any atom is 0.340 e. The second-order valence-corrected chi connectivity index (χ2v) is 18.5. The molecule has 4 saturated carbocycles. The molecule has 0 radical (unpaired) electrons. The van der Waals surface area contributed by atoms with Crippen molar-refractivity contribution in [1.82, 2.24) is 5.32 Å². The largest absolute Gasteiger partial charge is 0.465 e. The maximum absolute atomic E-state index is 14.9. The Hall–Kier alpha value is -1.39. The average molecular weight is 761 g/mol. The van der Waals surface area contributed by atoms with Gasteiger partial charge in [0.2, 0.25) is 0 Å². The first kappa shape index (κ1) is 47.8. The van der Waals surface area contributed by atoms with E-state index in [0.717, 1.165) is 54.7 Å². The molecule has 5 aliphatic rings. The first-order valence-corrected chi connectivity index (χ1v) is 22.5. The van der Waals surface area contributed by atoms with Crippen molar-refractivity contribution in [3.05, 3.63) is 41.2 Å². The van der Waals surface area contributed by atoms with Gasteiger partial charge in [-0.1, -0.05) is 121 Å². The number of allylic oxidation sites excluding steroid dienone is 2. The molecule has 5 aliphatic carbocycles. The Morgan fingerprint density at radius 2 is 1.58 bits per heavy atom. The summed E-state index contributed by atoms with van der Waals surface area (Å²) in [5, 5.41) is 3.07. The number of rotatable bonds is 7. The van der Waals surface area contributed by atoms with E-state index in [4.69, 9.17) is 16.3 Å². The number of methoxy groups -OCH3 is 1. The van der Waals surface area contributed by atoms with Crippen LogP contribution in [0.2, 0.25) is 0 Å². The Balaban J connectivity index is 0.000000518. The first-order valence-electron chi connectivity index (χ1n) is 22.0. The van der Waals surface area contributed by atoms with Gasteiger partial charge in [-0.3, -0.25) is 0 Å². The van der Waals surface area contributed by atoms with Crippen molar-refractivity contribution >= 4 is 23.1 Å². The molecule has 6 rings (SSSR count). The minimum atomic E-state index is -0.615. The van der Waals surface area contributed by atoms with Crippen molar-refractivity contribution in [3.8, 4) is 0 Å². The number of fused-ring (bicyclic) bond motifs is 7. The monoisotopic (exact) mass is 760 g/mol. The number of hydrogen-bond donors (Lipinski definition) is 1. The quantitative estimate of drug-likeness (QED) is 0.171. The molecular formula is C48H83ClFNO2. The van der Waals surface area contributed by atoms with E-state index in [1.807, 2.05) is 33.8 Å². The van der Waals surface area contributed by atoms with Gasteiger partial charge in [0.25, 0.3) is 0 Å². The highest BCUT2D eigenvalue weighted by molar-refractivity contribution is 6.18. The van der Waals surface area contributed by atoms with Crippen molar-refractivity contribution in [2.45, 2.75) is 167 Å². The van der Waals surface area contributed by atoms with E-state index in [0.29, 0.717) is 22.6 Å². The van der Waals surface area contributed by atoms with Crippen LogP contribution in [0.15, 0.2) is 24.3 Å². The average Bonchev–Trinajstić information content (AvgIpc) is 3.54. The third-order valence-corrected chi connectivity index (χ3v) is 14.8. The molecule has 306 valence electrons. The third kappa shape index (κ3) is 10.3. The molecule has 8 atom stereocenters. The van der Waals surface area contributed by atoms with Crippen molar-refractivity contribution in [1.29, 1.82) is 0 Å². The summed E-state index contributed by atoms with van der Waals surface area (Å²) < 4.78 is 19.7. The number of carbonyl (C=O) groups is 1. The van der Waals surface area contributed by atoms with Gasteiger partial charge in [0.15, 0.2) is 0 Å². The highest BCUT2D eigenvalue weighted by atomic mass is 35.5. The fraction of sp³-hybridized carbons (Fsp3) is 0.812. The van der Waals surface area contributed by atoms with Gasteiger partial charge in [-0.15, -0.1) is 11.6 Å². The predicted molar refractivity (Wildman–Crippen MR) is 229 cm³/mol. The molecule has 1 aromatic rings. The molecule has 0 amide bonds. The van der Waals surface area contributed by atoms with Crippen LogP contribution in [0.4, 0.5) is 4.39 Å². The summed E-state index contributed by atoms with van der Waals surface area (Å²) in [4.78, 5) is 11.9. The van der Waals surface area contributed by atoms with Crippen molar-refractivity contribution in [2.24, 2.45) is 57.2 Å². The van der Waals surface area contributed by atoms with Gasteiger partial charge in [0.1, 0.15) is 5.82 Å². The molecular weight excluding hydrogens is 677 g/mol. The lowest BCUT2D eigenvalue weighted by Crippen LogP contribution is -2.60. The summed E-state index contributed by atoms with van der Waals surface area (Å²) in [5.41, 5.74) is 3.50. The zero-order valence-electron chi connectivity index (χ0n) is 37.0. The van der Waals surface area contributed by atoms with Crippen LogP contribution in [0.25, 0.3) is 5.57 Å². The molecule has 0 aliphatic heterocycles. The summed E-state index contributed by atoms with van der Waals surface area (Å²) in [6.45, 7) is 31.4. The smallest absolute Gasteiger partial charge is 0.340 e. The van der Waals surface area contributed by atoms with E-state index in [-0.39, 0.29) is 16.4 Å². The Kier molecular flexibility index (Phi) is 19.1. The van der Waals surface area contributed by atoms with Gasteiger partial charge >= 0.3 is 5.97 Å². The fourth-order valence-corrected chi connectivity index (χ4v) is 12.6. The van der Waals surface area contributed by atoms with Crippen LogP contribution in [0.1, 0.15) is 183 Å². The third-order valence-electron chi connectivity index (χ3n) is 14.6. The lowest BCUT2D eigenvalue weighted by molar-refractivity contribution is -0.176. The molecule has 5 heteroatoms. The summed E-state index contributed by atoms with van der Waals surface area (Å²) in [6.07, 6.45) is 18.9. The van der Waals surface area contributed by atoms with E-state index in [1.165, 1.54) is 83.3 Å². The van der Waals surface area contributed by atoms with E-state index in [1.54, 1.807) is 12.1 Å². The SMILES string of the molecule is CC.CC.CCCC(C)C.CCNCCCl.COC(=O)c1ccc(C2=CC[C@@]3(C)C(CC[C@@]4(C)C5CC[C@@]6(C)CCC[C@@H]6[C@H]5CCC43)C2(C)C)cc1F. The molecule has 1 aromatic carbocycles. The second kappa shape index (κ2) is 21.2. The number of nitrogens with one attached hydrogen (secondary N) is 1. The number of hydrogen-bond acceptors (Lipinski definition) is 3. The zero-order valence-corrected chi connectivity index (χ0v) is 37.7. The number of halogens is 2. The number of benzene rings is 1. The predicted octanol–water partition coefficient (Wildman–Crippen LogP) is 14.4. The van der Waals surface area contributed by atoms with Gasteiger partial charge < -0.3 is 10.1 Å². The number of ether oxygens (including phenoxy) is 1. The Morgan fingerprint density at radius 3 is 2.11 bits per heavy atom. The molecule has 0 spiro atoms. The van der Waals surface area contributed by atoms with Gasteiger partial charge in [-0.2, -0.15) is 0 Å². The van der Waals surface area contributed by atoms with Crippen LogP contribution in [0.3, 0.4) is 0 Å². The summed E-state index contributed by atoms with van der Waals surface area (Å²) in [7, 11) is 1.30. The van der Waals surface area contributed by atoms with Crippen molar-refractivity contribution in [3.63, 3.8) is 0 Å². The van der Waals surface area contributed by atoms with E-state index in [2.05, 4.69) is 73.7 Å². The van der Waals surface area contributed by atoms with Crippen LogP contribution in [-0.4, -0.2) is 32.0 Å². The number of carbonyl (C=O) groups excluding carboxylic acids is 1. The molecule has 53 heavy (non-hydrogen) atoms. The maximum atomic E-state index is 14.9. The molecule has 0 saturated heterocycles. The second-order valence-electron chi connectivity index (χ2n) is 18.1. The lowest BCUT2D eigenvalue weighted by Gasteiger charge is -2.68. The molecule has 3 nitrogen and oxygen atoms in total. The zero-order chi connectivity index (χ0) is 40.2. The van der Waals surface area contributed by atoms with Crippen LogP contribution in [0, 0.1) is 63.0 Å². The van der Waals surface area contributed by atoms with Crippen molar-refractivity contribution < 1.29 is 13.9 Å². The van der Waals surface area contributed by atoms with E-state index >= 15 is 0 Å². The van der Waals surface area contributed by atoms with E-state index < -0.39 is 11.8 Å². The first-order chi connectivity index (χ1) is 25.1. The van der Waals surface area contributed by atoms with Gasteiger partial charge in [0.05, 0.1) is 12.7 Å². The van der Waals surface area contributed by atoms with Gasteiger partial charge in [-0.25, -0.2) is 9.18 Å². The molecule has 1 N–H and O–H groups in total. The van der Waals surface area contributed by atoms with E-state index in [9.17, 15) is 9.18 Å². The minimum Gasteiger partial charge on any atom is -0.465 e. The molecule has 4 fully saturated rings. The molecule has 3 unspecified atom stereocenters. The molecule has 0 aromatic heterocycles. The Morgan fingerprint density at radius 1 is 0.906 bits per heavy atom. The minimum absolute atomic E-state index is 0.0151. The van der Waals surface area contributed by atoms with Crippen molar-refractivity contribution in [2.75, 3.05) is 26.1 Å². The lowest BCUT2D eigenvalue weighted by atomic mass is 9.36. The molecule has 0 bridgehead atoms. The van der Waals surface area contributed by atoms with Gasteiger partial charge in [-0.05, 0) is 145 Å². The fourth-order valence-electron chi connectivity index (χ4n) is 12.4. The topological polar surface area (TPSA) is 38.3 Å². The van der Waals surface area contributed by atoms with Crippen LogP contribution in [-0.2, 0) is 4.74 Å². The number of alkyl halides is 1. The Bertz CT molecular complexity index is 1290. The number of esters is 1. The van der Waals surface area contributed by atoms with Crippen LogP contribution < -0.4 is 5.32 Å². The Labute approximate surface area is 332 Å². The van der Waals surface area contributed by atoms with Crippen LogP contribution >= 0.6 is 11.6 Å². The van der Waals surface area contributed by atoms with Crippen LogP contribution in [0.5, 0.6) is 0 Å². The molecule has 0 heterocycles. The summed E-state index contributed by atoms with van der Waals surface area (Å²) in [6, 6.07) is 5.08. The summed E-state index contributed by atoms with van der Waals surface area (Å²) >= 11 is 5.32. The summed E-state index contributed by atoms with van der Waals surface area (Å²) in [5.74, 6) is 4.67. The highest BCUT2D eigenvalue weighted by Crippen LogP contribution is 2.73. The standard InChI is InChI=1S/C34H47FO2.C6H14.C4H10ClN.2C2H6/c1-31(2)24(21-9-10-23(27(35)20-21)30(36)37-6)14-18-34(5)28(31)15-19-33(4)26-13-17-32(3)16-7-8-25(32)22(26)11-12-29(33)34;1-4-5-6(2)3;1-2-6-4-3-5;2*1-2/h9-10,14,20,22,25-26,28-29H,7-8,11-13,15-19H2,1-6H3;6H,4-5H2,1-3H3;6H,2-4H2,1H3;2*1-2H3/t22-,25-,26?,28?,29?,32-,33+,34+;;;;/m1..../s1. The normalized spacial score (nSPS) is 33.2. The van der Waals surface area contributed by atoms with Gasteiger partial charge in [0, 0.05) is 12.4 Å².